The molecule has 4 rings (SSSR count). The van der Waals surface area contributed by atoms with Crippen LogP contribution >= 0.6 is 11.8 Å². The zero-order valence-electron chi connectivity index (χ0n) is 19.7. The second-order valence-corrected chi connectivity index (χ2v) is 9.49. The molecule has 3 aromatic rings. The molecule has 2 N–H and O–H groups in total. The quantitative estimate of drug-likeness (QED) is 0.497. The molecule has 36 heavy (non-hydrogen) atoms. The molecule has 1 aromatic carbocycles. The summed E-state index contributed by atoms with van der Waals surface area (Å²) < 4.78 is 43.9. The predicted octanol–water partition coefficient (Wildman–Crippen LogP) is 3.70. The first-order valence-electron chi connectivity index (χ1n) is 11.2. The number of rotatable bonds is 7. The minimum absolute atomic E-state index is 0.107. The number of aromatic nitrogens is 3. The van der Waals surface area contributed by atoms with Crippen LogP contribution in [0.5, 0.6) is 0 Å². The number of amidine groups is 1. The van der Waals surface area contributed by atoms with Crippen molar-refractivity contribution in [1.29, 1.82) is 5.41 Å². The number of carbonyl (C=O) groups excluding carboxylic acids is 1. The summed E-state index contributed by atoms with van der Waals surface area (Å²) in [5.74, 6) is 0.293. The van der Waals surface area contributed by atoms with Crippen LogP contribution in [0, 0.1) is 5.41 Å². The van der Waals surface area contributed by atoms with E-state index in [9.17, 15) is 22.8 Å². The number of nitrogens with one attached hydrogen (secondary N) is 2. The van der Waals surface area contributed by atoms with E-state index in [2.05, 4.69) is 10.4 Å². The molecule has 0 unspecified atom stereocenters. The van der Waals surface area contributed by atoms with Crippen molar-refractivity contribution in [2.45, 2.75) is 32.7 Å². The fourth-order valence-corrected chi connectivity index (χ4v) is 4.77. The van der Waals surface area contributed by atoms with Gasteiger partial charge in [-0.15, -0.1) is 0 Å². The first kappa shape index (κ1) is 25.5. The van der Waals surface area contributed by atoms with Crippen molar-refractivity contribution < 1.29 is 18.0 Å². The highest BCUT2D eigenvalue weighted by Crippen LogP contribution is 2.37. The van der Waals surface area contributed by atoms with Gasteiger partial charge in [0.05, 0.1) is 0 Å². The SMILES string of the molecule is CCn1cc(-c2cc(CN3CCSC3=N)cc(C(=O)NCc3ccc(=O)n(C)c3)c2)c(C(F)(F)F)n1. The first-order chi connectivity index (χ1) is 17.0. The van der Waals surface area contributed by atoms with Gasteiger partial charge in [-0.1, -0.05) is 17.8 Å². The van der Waals surface area contributed by atoms with E-state index in [1.54, 1.807) is 38.4 Å². The van der Waals surface area contributed by atoms with Crippen molar-refractivity contribution in [3.8, 4) is 11.1 Å². The Labute approximate surface area is 209 Å². The van der Waals surface area contributed by atoms with Crippen LogP contribution < -0.4 is 10.9 Å². The Morgan fingerprint density at radius 2 is 1.97 bits per heavy atom. The number of benzene rings is 1. The second kappa shape index (κ2) is 10.2. The van der Waals surface area contributed by atoms with Crippen LogP contribution in [0.15, 0.2) is 47.5 Å². The van der Waals surface area contributed by atoms with Gasteiger partial charge >= 0.3 is 6.18 Å². The van der Waals surface area contributed by atoms with Crippen molar-refractivity contribution >= 4 is 22.8 Å². The Morgan fingerprint density at radius 3 is 2.61 bits per heavy atom. The molecule has 0 saturated carbocycles. The average Bonchev–Trinajstić information content (AvgIpc) is 3.46. The van der Waals surface area contributed by atoms with Gasteiger partial charge < -0.3 is 14.8 Å². The van der Waals surface area contributed by atoms with Crippen molar-refractivity contribution in [2.24, 2.45) is 7.05 Å². The van der Waals surface area contributed by atoms with Crippen molar-refractivity contribution in [1.82, 2.24) is 24.6 Å². The Kier molecular flexibility index (Phi) is 7.25. The van der Waals surface area contributed by atoms with E-state index in [0.29, 0.717) is 29.4 Å². The maximum absolute atomic E-state index is 13.8. The van der Waals surface area contributed by atoms with Crippen LogP contribution in [-0.2, 0) is 32.9 Å². The summed E-state index contributed by atoms with van der Waals surface area (Å²) in [6.45, 7) is 3.04. The van der Waals surface area contributed by atoms with Crippen LogP contribution in [0.3, 0.4) is 0 Å². The van der Waals surface area contributed by atoms with Gasteiger partial charge in [-0.25, -0.2) is 0 Å². The minimum atomic E-state index is -4.66. The molecule has 8 nitrogen and oxygen atoms in total. The third kappa shape index (κ3) is 5.64. The molecule has 2 aromatic heterocycles. The van der Waals surface area contributed by atoms with Gasteiger partial charge in [-0.3, -0.25) is 19.7 Å². The highest BCUT2D eigenvalue weighted by Gasteiger charge is 2.37. The van der Waals surface area contributed by atoms with Crippen LogP contribution in [0.1, 0.15) is 34.1 Å². The van der Waals surface area contributed by atoms with Gasteiger partial charge in [-0.05, 0) is 41.8 Å². The van der Waals surface area contributed by atoms with Gasteiger partial charge in [0.1, 0.15) is 0 Å². The lowest BCUT2D eigenvalue weighted by Gasteiger charge is -2.18. The number of pyridine rings is 1. The molecular formula is C24H25F3N6O2S. The summed E-state index contributed by atoms with van der Waals surface area (Å²) in [4.78, 5) is 26.5. The lowest BCUT2D eigenvalue weighted by molar-refractivity contribution is -0.141. The first-order valence-corrected chi connectivity index (χ1v) is 12.2. The van der Waals surface area contributed by atoms with Gasteiger partial charge in [-0.2, -0.15) is 18.3 Å². The summed E-state index contributed by atoms with van der Waals surface area (Å²) in [7, 11) is 1.60. The lowest BCUT2D eigenvalue weighted by Crippen LogP contribution is -2.25. The van der Waals surface area contributed by atoms with Crippen LogP contribution in [0.2, 0.25) is 0 Å². The molecule has 1 aliphatic rings. The van der Waals surface area contributed by atoms with E-state index in [1.165, 1.54) is 39.3 Å². The van der Waals surface area contributed by atoms with Crippen LogP contribution in [-0.4, -0.2) is 42.6 Å². The molecule has 0 spiro atoms. The summed E-state index contributed by atoms with van der Waals surface area (Å²) in [5.41, 5.74) is 0.443. The number of nitrogens with zero attached hydrogens (tertiary/aromatic N) is 4. The number of halogens is 3. The molecule has 1 amide bonds. The van der Waals surface area contributed by atoms with E-state index in [-0.39, 0.29) is 35.3 Å². The summed E-state index contributed by atoms with van der Waals surface area (Å²) in [6.07, 6.45) is -1.72. The molecule has 3 heterocycles. The average molecular weight is 519 g/mol. The Balaban J connectivity index is 1.70. The molecule has 12 heteroatoms. The van der Waals surface area contributed by atoms with Crippen molar-refractivity contribution in [2.75, 3.05) is 12.3 Å². The molecule has 0 radical (unpaired) electrons. The smallest absolute Gasteiger partial charge is 0.348 e. The lowest BCUT2D eigenvalue weighted by atomic mass is 9.99. The molecule has 0 atom stereocenters. The Bertz CT molecular complexity index is 1360. The third-order valence-electron chi connectivity index (χ3n) is 5.78. The minimum Gasteiger partial charge on any atom is -0.348 e. The number of alkyl halides is 3. The molecule has 1 aliphatic heterocycles. The zero-order chi connectivity index (χ0) is 26.0. The van der Waals surface area contributed by atoms with Gasteiger partial charge in [0.15, 0.2) is 10.9 Å². The number of amides is 1. The molecule has 0 bridgehead atoms. The zero-order valence-corrected chi connectivity index (χ0v) is 20.5. The summed E-state index contributed by atoms with van der Waals surface area (Å²) >= 11 is 1.40. The highest BCUT2D eigenvalue weighted by molar-refractivity contribution is 8.14. The van der Waals surface area contributed by atoms with Gasteiger partial charge in [0.2, 0.25) is 5.56 Å². The molecule has 190 valence electrons. The van der Waals surface area contributed by atoms with Crippen LogP contribution in [0.4, 0.5) is 13.2 Å². The maximum atomic E-state index is 13.8. The fourth-order valence-electron chi connectivity index (χ4n) is 3.93. The maximum Gasteiger partial charge on any atom is 0.435 e. The number of hydrogen-bond acceptors (Lipinski definition) is 5. The van der Waals surface area contributed by atoms with Gasteiger partial charge in [0, 0.05) is 68.6 Å². The van der Waals surface area contributed by atoms with Crippen molar-refractivity contribution in [3.63, 3.8) is 0 Å². The van der Waals surface area contributed by atoms with E-state index in [0.717, 1.165) is 5.75 Å². The summed E-state index contributed by atoms with van der Waals surface area (Å²) in [5, 5.41) is 14.9. The third-order valence-corrected chi connectivity index (χ3v) is 6.70. The fraction of sp³-hybridized carbons (Fsp3) is 0.333. The number of thioether (sulfide) groups is 1. The normalized spacial score (nSPS) is 13.9. The molecule has 1 saturated heterocycles. The summed E-state index contributed by atoms with van der Waals surface area (Å²) in [6, 6.07) is 7.68. The number of hydrogen-bond donors (Lipinski definition) is 2. The van der Waals surface area contributed by atoms with E-state index < -0.39 is 17.8 Å². The highest BCUT2D eigenvalue weighted by atomic mass is 32.2. The topological polar surface area (TPSA) is 96.0 Å². The van der Waals surface area contributed by atoms with Gasteiger partial charge in [0.25, 0.3) is 5.91 Å². The Hall–Kier alpha value is -3.54. The molecule has 0 aliphatic carbocycles. The number of aryl methyl sites for hydroxylation is 2. The monoisotopic (exact) mass is 518 g/mol. The van der Waals surface area contributed by atoms with E-state index in [1.807, 2.05) is 4.90 Å². The van der Waals surface area contributed by atoms with Crippen LogP contribution in [0.25, 0.3) is 11.1 Å². The van der Waals surface area contributed by atoms with E-state index in [4.69, 9.17) is 5.41 Å². The number of carbonyl (C=O) groups is 1. The largest absolute Gasteiger partial charge is 0.435 e. The predicted molar refractivity (Wildman–Crippen MR) is 132 cm³/mol. The Morgan fingerprint density at radius 1 is 1.19 bits per heavy atom. The van der Waals surface area contributed by atoms with E-state index >= 15 is 0 Å². The molecule has 1 fully saturated rings. The standard InChI is InChI=1S/C24H25F3N6O2S/c1-3-33-14-19(21(30-33)24(25,26)27)17-8-16(13-32-6-7-36-23(32)28)9-18(10-17)22(35)29-11-15-4-5-20(34)31(2)12-15/h4-5,8-10,12,14,28H,3,6-7,11,13H2,1-2H3,(H,29,35). The second-order valence-electron chi connectivity index (χ2n) is 8.41. The molecular weight excluding hydrogens is 493 g/mol. The van der Waals surface area contributed by atoms with Crippen molar-refractivity contribution in [3.05, 3.63) is 75.5 Å².